The van der Waals surface area contributed by atoms with E-state index in [0.29, 0.717) is 17.0 Å². The smallest absolute Gasteiger partial charge is 0.142 e. The summed E-state index contributed by atoms with van der Waals surface area (Å²) in [6.07, 6.45) is 1.32. The van der Waals surface area contributed by atoms with E-state index in [1.54, 1.807) is 7.11 Å². The first-order chi connectivity index (χ1) is 7.36. The molecular weight excluding hydrogens is 192 g/mol. The van der Waals surface area contributed by atoms with E-state index in [1.165, 1.54) is 6.26 Å². The van der Waals surface area contributed by atoms with Crippen LogP contribution in [0.5, 0.6) is 5.75 Å². The van der Waals surface area contributed by atoms with Crippen molar-refractivity contribution in [1.82, 2.24) is 5.16 Å². The molecule has 0 aliphatic carbocycles. The first kappa shape index (κ1) is 9.28. The molecule has 0 fully saturated rings. The molecule has 4 nitrogen and oxygen atoms in total. The summed E-state index contributed by atoms with van der Waals surface area (Å²) >= 11 is 0. The molecule has 0 spiro atoms. The average Bonchev–Trinajstić information content (AvgIpc) is 2.76. The summed E-state index contributed by atoms with van der Waals surface area (Å²) in [6.45, 7) is 0. The molecule has 0 saturated heterocycles. The Morgan fingerprint density at radius 1 is 1.40 bits per heavy atom. The maximum Gasteiger partial charge on any atom is 0.142 e. The van der Waals surface area contributed by atoms with Crippen molar-refractivity contribution in [2.24, 2.45) is 0 Å². The van der Waals surface area contributed by atoms with Crippen LogP contribution in [0, 0.1) is 11.3 Å². The Hall–Kier alpha value is -2.28. The fourth-order valence-electron chi connectivity index (χ4n) is 1.35. The topological polar surface area (TPSA) is 59.1 Å². The van der Waals surface area contributed by atoms with Gasteiger partial charge in [-0.1, -0.05) is 17.3 Å². The lowest BCUT2D eigenvalue weighted by molar-refractivity contribution is 0.411. The standard InChI is InChI=1S/C11H8N2O2/c1-14-10-5-3-2-4-9(10)11-8(6-12)7-15-13-11/h2-5,7H,1H3. The molecule has 1 aromatic heterocycles. The highest BCUT2D eigenvalue weighted by molar-refractivity contribution is 5.71. The van der Waals surface area contributed by atoms with Crippen molar-refractivity contribution in [2.75, 3.05) is 7.11 Å². The minimum absolute atomic E-state index is 0.402. The van der Waals surface area contributed by atoms with E-state index in [4.69, 9.17) is 14.5 Å². The van der Waals surface area contributed by atoms with Crippen molar-refractivity contribution >= 4 is 0 Å². The SMILES string of the molecule is COc1ccccc1-c1nocc1C#N. The van der Waals surface area contributed by atoms with Gasteiger partial charge in [0.2, 0.25) is 0 Å². The Bertz CT molecular complexity index is 511. The molecule has 1 aromatic carbocycles. The van der Waals surface area contributed by atoms with E-state index in [-0.39, 0.29) is 0 Å². The molecule has 74 valence electrons. The van der Waals surface area contributed by atoms with Crippen LogP contribution in [0.25, 0.3) is 11.3 Å². The van der Waals surface area contributed by atoms with E-state index in [0.717, 1.165) is 5.56 Å². The van der Waals surface area contributed by atoms with Crippen molar-refractivity contribution in [3.63, 3.8) is 0 Å². The quantitative estimate of drug-likeness (QED) is 0.745. The Labute approximate surface area is 86.7 Å². The Morgan fingerprint density at radius 3 is 2.93 bits per heavy atom. The summed E-state index contributed by atoms with van der Waals surface area (Å²) in [5.74, 6) is 0.669. The minimum atomic E-state index is 0.402. The number of rotatable bonds is 2. The molecule has 0 bridgehead atoms. The van der Waals surface area contributed by atoms with Crippen LogP contribution in [0.3, 0.4) is 0 Å². The zero-order chi connectivity index (χ0) is 10.7. The van der Waals surface area contributed by atoms with Crippen LogP contribution in [-0.2, 0) is 0 Å². The maximum absolute atomic E-state index is 8.84. The van der Waals surface area contributed by atoms with Crippen LogP contribution in [-0.4, -0.2) is 12.3 Å². The number of nitrogens with zero attached hydrogens (tertiary/aromatic N) is 2. The molecule has 0 unspecified atom stereocenters. The number of hydrogen-bond acceptors (Lipinski definition) is 4. The molecule has 0 N–H and O–H groups in total. The van der Waals surface area contributed by atoms with Gasteiger partial charge in [-0.25, -0.2) is 0 Å². The number of para-hydroxylation sites is 1. The summed E-state index contributed by atoms with van der Waals surface area (Å²) in [6, 6.07) is 9.37. The van der Waals surface area contributed by atoms with Gasteiger partial charge in [0, 0.05) is 5.56 Å². The molecule has 1 heterocycles. The summed E-state index contributed by atoms with van der Waals surface area (Å²) in [4.78, 5) is 0. The molecule has 0 amide bonds. The van der Waals surface area contributed by atoms with Gasteiger partial charge >= 0.3 is 0 Å². The molecule has 0 radical (unpaired) electrons. The number of aromatic nitrogens is 1. The first-order valence-corrected chi connectivity index (χ1v) is 4.34. The van der Waals surface area contributed by atoms with Crippen molar-refractivity contribution in [1.29, 1.82) is 5.26 Å². The predicted molar refractivity (Wildman–Crippen MR) is 53.2 cm³/mol. The van der Waals surface area contributed by atoms with Crippen molar-refractivity contribution in [3.8, 4) is 23.1 Å². The van der Waals surface area contributed by atoms with Gasteiger partial charge in [-0.05, 0) is 12.1 Å². The number of methoxy groups -OCH3 is 1. The van der Waals surface area contributed by atoms with E-state index >= 15 is 0 Å². The maximum atomic E-state index is 8.84. The highest BCUT2D eigenvalue weighted by Crippen LogP contribution is 2.30. The third-order valence-electron chi connectivity index (χ3n) is 2.05. The number of benzene rings is 1. The lowest BCUT2D eigenvalue weighted by atomic mass is 10.1. The van der Waals surface area contributed by atoms with E-state index in [2.05, 4.69) is 5.16 Å². The van der Waals surface area contributed by atoms with Crippen LogP contribution in [0.15, 0.2) is 35.1 Å². The number of nitriles is 1. The molecular formula is C11H8N2O2. The van der Waals surface area contributed by atoms with Crippen LogP contribution in [0.4, 0.5) is 0 Å². The molecule has 2 rings (SSSR count). The predicted octanol–water partition coefficient (Wildman–Crippen LogP) is 2.22. The Kier molecular flexibility index (Phi) is 2.38. The third kappa shape index (κ3) is 1.55. The van der Waals surface area contributed by atoms with Gasteiger partial charge in [0.1, 0.15) is 29.3 Å². The summed E-state index contributed by atoms with van der Waals surface area (Å²) < 4.78 is 9.94. The van der Waals surface area contributed by atoms with Gasteiger partial charge in [0.25, 0.3) is 0 Å². The van der Waals surface area contributed by atoms with Gasteiger partial charge in [-0.2, -0.15) is 5.26 Å². The van der Waals surface area contributed by atoms with Gasteiger partial charge in [-0.15, -0.1) is 0 Å². The van der Waals surface area contributed by atoms with E-state index < -0.39 is 0 Å². The second kappa shape index (κ2) is 3.84. The third-order valence-corrected chi connectivity index (χ3v) is 2.05. The zero-order valence-corrected chi connectivity index (χ0v) is 8.10. The van der Waals surface area contributed by atoms with E-state index in [9.17, 15) is 0 Å². The minimum Gasteiger partial charge on any atom is -0.496 e. The molecule has 2 aromatic rings. The lowest BCUT2D eigenvalue weighted by Gasteiger charge is -2.04. The summed E-state index contributed by atoms with van der Waals surface area (Å²) in [5.41, 5.74) is 1.67. The number of hydrogen-bond donors (Lipinski definition) is 0. The molecule has 4 heteroatoms. The fourth-order valence-corrected chi connectivity index (χ4v) is 1.35. The average molecular weight is 200 g/mol. The highest BCUT2D eigenvalue weighted by atomic mass is 16.5. The van der Waals surface area contributed by atoms with Crippen LogP contribution >= 0.6 is 0 Å². The van der Waals surface area contributed by atoms with Crippen LogP contribution < -0.4 is 4.74 Å². The molecule has 0 aliphatic rings. The molecule has 0 atom stereocenters. The van der Waals surface area contributed by atoms with Crippen LogP contribution in [0.2, 0.25) is 0 Å². The van der Waals surface area contributed by atoms with Crippen molar-refractivity contribution in [3.05, 3.63) is 36.1 Å². The van der Waals surface area contributed by atoms with Crippen LogP contribution in [0.1, 0.15) is 5.56 Å². The van der Waals surface area contributed by atoms with Crippen molar-refractivity contribution in [2.45, 2.75) is 0 Å². The van der Waals surface area contributed by atoms with Gasteiger partial charge in [0.15, 0.2) is 0 Å². The Balaban J connectivity index is 2.59. The van der Waals surface area contributed by atoms with Gasteiger partial charge in [0.05, 0.1) is 7.11 Å². The van der Waals surface area contributed by atoms with Gasteiger partial charge < -0.3 is 9.26 Å². The normalized spacial score (nSPS) is 9.60. The Morgan fingerprint density at radius 2 is 2.20 bits per heavy atom. The largest absolute Gasteiger partial charge is 0.496 e. The first-order valence-electron chi connectivity index (χ1n) is 4.34. The summed E-state index contributed by atoms with van der Waals surface area (Å²) in [5, 5.41) is 12.6. The second-order valence-electron chi connectivity index (χ2n) is 2.89. The zero-order valence-electron chi connectivity index (χ0n) is 8.10. The highest BCUT2D eigenvalue weighted by Gasteiger charge is 2.13. The van der Waals surface area contributed by atoms with E-state index in [1.807, 2.05) is 30.3 Å². The molecule has 0 aliphatic heterocycles. The lowest BCUT2D eigenvalue weighted by Crippen LogP contribution is -1.88. The monoisotopic (exact) mass is 200 g/mol. The molecule has 0 saturated carbocycles. The summed E-state index contributed by atoms with van der Waals surface area (Å²) in [7, 11) is 1.57. The fraction of sp³-hybridized carbons (Fsp3) is 0.0909. The second-order valence-corrected chi connectivity index (χ2v) is 2.89. The van der Waals surface area contributed by atoms with Crippen molar-refractivity contribution < 1.29 is 9.26 Å². The van der Waals surface area contributed by atoms with Gasteiger partial charge in [-0.3, -0.25) is 0 Å². The number of ether oxygens (including phenoxy) is 1. The molecule has 15 heavy (non-hydrogen) atoms.